The van der Waals surface area contributed by atoms with E-state index in [9.17, 15) is 0 Å². The van der Waals surface area contributed by atoms with Crippen LogP contribution in [0.1, 0.15) is 12.0 Å². The number of fused-ring (bicyclic) bond motifs is 1. The molecule has 2 fully saturated rings. The second kappa shape index (κ2) is 9.39. The van der Waals surface area contributed by atoms with Crippen LogP contribution in [0.2, 0.25) is 0 Å². The van der Waals surface area contributed by atoms with E-state index in [1.807, 2.05) is 7.05 Å². The van der Waals surface area contributed by atoms with E-state index < -0.39 is 0 Å². The summed E-state index contributed by atoms with van der Waals surface area (Å²) in [6.07, 6.45) is 2.26. The molecule has 5 heteroatoms. The molecule has 5 nitrogen and oxygen atoms in total. The van der Waals surface area contributed by atoms with Crippen molar-refractivity contribution in [2.45, 2.75) is 12.8 Å². The largest absolute Gasteiger partial charge is 0.379 e. The van der Waals surface area contributed by atoms with Gasteiger partial charge in [0, 0.05) is 46.3 Å². The first-order valence-corrected chi connectivity index (χ1v) is 10.6. The predicted octanol–water partition coefficient (Wildman–Crippen LogP) is 2.61. The van der Waals surface area contributed by atoms with Gasteiger partial charge >= 0.3 is 0 Å². The summed E-state index contributed by atoms with van der Waals surface area (Å²) in [7, 11) is 1.90. The molecule has 1 atom stereocenters. The van der Waals surface area contributed by atoms with Crippen molar-refractivity contribution in [2.75, 3.05) is 59.5 Å². The van der Waals surface area contributed by atoms with Gasteiger partial charge in [-0.05, 0) is 35.1 Å². The lowest BCUT2D eigenvalue weighted by atomic mass is 10.0. The van der Waals surface area contributed by atoms with Gasteiger partial charge in [0.15, 0.2) is 5.96 Å². The van der Waals surface area contributed by atoms with Gasteiger partial charge in [0.25, 0.3) is 0 Å². The predicted molar refractivity (Wildman–Crippen MR) is 116 cm³/mol. The number of benzene rings is 2. The van der Waals surface area contributed by atoms with Crippen LogP contribution in [0.15, 0.2) is 47.5 Å². The highest BCUT2D eigenvalue weighted by Gasteiger charge is 2.26. The molecule has 0 spiro atoms. The zero-order valence-corrected chi connectivity index (χ0v) is 16.9. The summed E-state index contributed by atoms with van der Waals surface area (Å²) in [4.78, 5) is 9.52. The van der Waals surface area contributed by atoms with Gasteiger partial charge in [-0.25, -0.2) is 0 Å². The maximum Gasteiger partial charge on any atom is 0.193 e. The first kappa shape index (κ1) is 19.2. The highest BCUT2D eigenvalue weighted by Crippen LogP contribution is 2.20. The summed E-state index contributed by atoms with van der Waals surface area (Å²) in [6, 6.07) is 15.2. The number of ether oxygens (including phenoxy) is 1. The van der Waals surface area contributed by atoms with Crippen molar-refractivity contribution in [1.82, 2.24) is 15.1 Å². The molecule has 28 heavy (non-hydrogen) atoms. The van der Waals surface area contributed by atoms with E-state index in [4.69, 9.17) is 4.74 Å². The number of aliphatic imine (C=N–C) groups is 1. The SMILES string of the molecule is CN=C(NCCc1cccc2ccccc12)N1CCC(CN2CCOCC2)C1. The Hall–Kier alpha value is -2.11. The fraction of sp³-hybridized carbons (Fsp3) is 0.522. The van der Waals surface area contributed by atoms with Gasteiger partial charge in [0.1, 0.15) is 0 Å². The molecule has 2 aliphatic heterocycles. The van der Waals surface area contributed by atoms with Crippen LogP contribution in [0.3, 0.4) is 0 Å². The fourth-order valence-electron chi connectivity index (χ4n) is 4.47. The molecule has 0 bridgehead atoms. The molecule has 1 N–H and O–H groups in total. The molecule has 0 amide bonds. The molecule has 0 radical (unpaired) electrons. The second-order valence-corrected chi connectivity index (χ2v) is 7.88. The molecule has 2 aliphatic rings. The summed E-state index contributed by atoms with van der Waals surface area (Å²) in [5.41, 5.74) is 1.40. The third-order valence-electron chi connectivity index (χ3n) is 5.97. The van der Waals surface area contributed by atoms with Crippen molar-refractivity contribution in [2.24, 2.45) is 10.9 Å². The number of guanidine groups is 1. The summed E-state index contributed by atoms with van der Waals surface area (Å²) >= 11 is 0. The molecule has 150 valence electrons. The van der Waals surface area contributed by atoms with Crippen LogP contribution in [-0.2, 0) is 11.2 Å². The van der Waals surface area contributed by atoms with Gasteiger partial charge in [-0.1, -0.05) is 42.5 Å². The Kier molecular flexibility index (Phi) is 6.45. The summed E-state index contributed by atoms with van der Waals surface area (Å²) < 4.78 is 5.47. The van der Waals surface area contributed by atoms with E-state index in [1.54, 1.807) is 0 Å². The van der Waals surface area contributed by atoms with Crippen molar-refractivity contribution in [3.8, 4) is 0 Å². The van der Waals surface area contributed by atoms with Gasteiger partial charge in [0.05, 0.1) is 13.2 Å². The van der Waals surface area contributed by atoms with Crippen molar-refractivity contribution >= 4 is 16.7 Å². The van der Waals surface area contributed by atoms with E-state index in [0.29, 0.717) is 0 Å². The number of nitrogens with one attached hydrogen (secondary N) is 1. The fourth-order valence-corrected chi connectivity index (χ4v) is 4.47. The average Bonchev–Trinajstić information content (AvgIpc) is 3.20. The lowest BCUT2D eigenvalue weighted by molar-refractivity contribution is 0.0315. The summed E-state index contributed by atoms with van der Waals surface area (Å²) in [6.45, 7) is 8.22. The summed E-state index contributed by atoms with van der Waals surface area (Å²) in [5, 5.41) is 6.26. The van der Waals surface area contributed by atoms with Crippen molar-refractivity contribution in [3.63, 3.8) is 0 Å². The van der Waals surface area contributed by atoms with Gasteiger partial charge in [0.2, 0.25) is 0 Å². The number of hydrogen-bond acceptors (Lipinski definition) is 3. The number of nitrogens with zero attached hydrogens (tertiary/aromatic N) is 3. The average molecular weight is 381 g/mol. The molecular formula is C23H32N4O. The van der Waals surface area contributed by atoms with Gasteiger partial charge in [-0.3, -0.25) is 9.89 Å². The first-order chi connectivity index (χ1) is 13.8. The molecule has 0 aromatic heterocycles. The van der Waals surface area contributed by atoms with E-state index in [2.05, 4.69) is 62.6 Å². The number of hydrogen-bond donors (Lipinski definition) is 1. The van der Waals surface area contributed by atoms with Crippen LogP contribution < -0.4 is 5.32 Å². The Balaban J connectivity index is 1.28. The van der Waals surface area contributed by atoms with Crippen LogP contribution in [0.25, 0.3) is 10.8 Å². The monoisotopic (exact) mass is 380 g/mol. The normalized spacial score (nSPS) is 21.4. The standard InChI is InChI=1S/C23H32N4O/c1-24-23(27-12-10-19(18-27)17-26-13-15-28-16-14-26)25-11-9-21-7-4-6-20-5-2-3-8-22(20)21/h2-8,19H,9-18H2,1H3,(H,24,25). The molecule has 4 rings (SSSR count). The van der Waals surface area contributed by atoms with E-state index in [1.165, 1.54) is 29.3 Å². The zero-order chi connectivity index (χ0) is 19.2. The highest BCUT2D eigenvalue weighted by atomic mass is 16.5. The van der Waals surface area contributed by atoms with Crippen LogP contribution in [0.4, 0.5) is 0 Å². The van der Waals surface area contributed by atoms with Gasteiger partial charge < -0.3 is 15.0 Å². The number of likely N-dealkylation sites (tertiary alicyclic amines) is 1. The van der Waals surface area contributed by atoms with Crippen LogP contribution in [0, 0.1) is 5.92 Å². The maximum atomic E-state index is 5.47. The van der Waals surface area contributed by atoms with Crippen LogP contribution >= 0.6 is 0 Å². The smallest absolute Gasteiger partial charge is 0.193 e. The number of rotatable bonds is 5. The van der Waals surface area contributed by atoms with Crippen LogP contribution in [-0.4, -0.2) is 75.3 Å². The highest BCUT2D eigenvalue weighted by molar-refractivity contribution is 5.85. The quantitative estimate of drug-likeness (QED) is 0.639. The number of morpholine rings is 1. The lowest BCUT2D eigenvalue weighted by Crippen LogP contribution is -2.42. The summed E-state index contributed by atoms with van der Waals surface area (Å²) in [5.74, 6) is 1.78. The molecule has 2 saturated heterocycles. The minimum atomic E-state index is 0.731. The Morgan fingerprint density at radius 2 is 1.93 bits per heavy atom. The zero-order valence-electron chi connectivity index (χ0n) is 16.9. The minimum Gasteiger partial charge on any atom is -0.379 e. The molecule has 2 heterocycles. The first-order valence-electron chi connectivity index (χ1n) is 10.6. The van der Waals surface area contributed by atoms with Crippen molar-refractivity contribution < 1.29 is 4.74 Å². The minimum absolute atomic E-state index is 0.731. The van der Waals surface area contributed by atoms with Crippen molar-refractivity contribution in [1.29, 1.82) is 0 Å². The Labute approximate surface area is 168 Å². The molecule has 0 saturated carbocycles. The topological polar surface area (TPSA) is 40.1 Å². The van der Waals surface area contributed by atoms with E-state index in [-0.39, 0.29) is 0 Å². The lowest BCUT2D eigenvalue weighted by Gasteiger charge is -2.29. The van der Waals surface area contributed by atoms with E-state index in [0.717, 1.165) is 64.2 Å². The Morgan fingerprint density at radius 3 is 2.79 bits per heavy atom. The molecule has 2 aromatic carbocycles. The Bertz CT molecular complexity index is 795. The second-order valence-electron chi connectivity index (χ2n) is 7.88. The maximum absolute atomic E-state index is 5.47. The Morgan fingerprint density at radius 1 is 1.11 bits per heavy atom. The van der Waals surface area contributed by atoms with E-state index >= 15 is 0 Å². The third kappa shape index (κ3) is 4.65. The molecular weight excluding hydrogens is 348 g/mol. The molecule has 1 unspecified atom stereocenters. The molecule has 2 aromatic rings. The van der Waals surface area contributed by atoms with Gasteiger partial charge in [-0.2, -0.15) is 0 Å². The third-order valence-corrected chi connectivity index (χ3v) is 5.97. The van der Waals surface area contributed by atoms with Gasteiger partial charge in [-0.15, -0.1) is 0 Å². The van der Waals surface area contributed by atoms with Crippen molar-refractivity contribution in [3.05, 3.63) is 48.0 Å². The van der Waals surface area contributed by atoms with Crippen LogP contribution in [0.5, 0.6) is 0 Å². The molecule has 0 aliphatic carbocycles.